The molecule has 158 valence electrons. The lowest BCUT2D eigenvalue weighted by molar-refractivity contribution is -0.111. The molecular weight excluding hydrogens is 405 g/mol. The van der Waals surface area contributed by atoms with E-state index in [1.54, 1.807) is 24.5 Å². The zero-order valence-electron chi connectivity index (χ0n) is 17.6. The highest BCUT2D eigenvalue weighted by atomic mass is 19.1. The molecule has 6 heteroatoms. The Morgan fingerprint density at radius 1 is 1.06 bits per heavy atom. The average molecular weight is 425 g/mol. The minimum atomic E-state index is -0.665. The Morgan fingerprint density at radius 2 is 1.84 bits per heavy atom. The van der Waals surface area contributed by atoms with Gasteiger partial charge in [-0.25, -0.2) is 4.39 Å². The van der Waals surface area contributed by atoms with Gasteiger partial charge >= 0.3 is 0 Å². The fourth-order valence-electron chi connectivity index (χ4n) is 4.01. The predicted molar refractivity (Wildman–Crippen MR) is 123 cm³/mol. The van der Waals surface area contributed by atoms with Gasteiger partial charge in [-0.15, -0.1) is 0 Å². The summed E-state index contributed by atoms with van der Waals surface area (Å²) in [5.41, 5.74) is 5.13. The largest absolute Gasteiger partial charge is 0.482 e. The van der Waals surface area contributed by atoms with Crippen LogP contribution >= 0.6 is 0 Å². The maximum Gasteiger partial charge on any atom is 0.260 e. The number of nitrogens with one attached hydrogen (secondary N) is 1. The molecule has 0 atom stereocenters. The van der Waals surface area contributed by atoms with Crippen LogP contribution < -0.4 is 5.32 Å². The third-order valence-corrected chi connectivity index (χ3v) is 5.63. The molecule has 4 heterocycles. The van der Waals surface area contributed by atoms with Gasteiger partial charge < -0.3 is 10.1 Å². The number of aromatic nitrogens is 2. The number of rotatable bonds is 3. The molecule has 0 fully saturated rings. The van der Waals surface area contributed by atoms with Crippen molar-refractivity contribution in [3.8, 4) is 11.3 Å². The molecule has 0 saturated heterocycles. The van der Waals surface area contributed by atoms with Gasteiger partial charge in [-0.3, -0.25) is 14.8 Å². The van der Waals surface area contributed by atoms with Gasteiger partial charge in [-0.05, 0) is 62.4 Å². The molecule has 1 N–H and O–H groups in total. The maximum absolute atomic E-state index is 13.6. The number of anilines is 1. The number of fused-ring (bicyclic) bond motifs is 1. The molecule has 2 aliphatic rings. The van der Waals surface area contributed by atoms with Gasteiger partial charge in [0.25, 0.3) is 5.91 Å². The summed E-state index contributed by atoms with van der Waals surface area (Å²) in [5.74, 6) is -0.251. The van der Waals surface area contributed by atoms with Crippen molar-refractivity contribution in [3.63, 3.8) is 0 Å². The zero-order valence-corrected chi connectivity index (χ0v) is 17.6. The fourth-order valence-corrected chi connectivity index (χ4v) is 4.01. The van der Waals surface area contributed by atoms with Gasteiger partial charge in [0.2, 0.25) is 0 Å². The predicted octanol–water partition coefficient (Wildman–Crippen LogP) is 5.48. The van der Waals surface area contributed by atoms with E-state index < -0.39 is 11.4 Å². The first-order valence-electron chi connectivity index (χ1n) is 10.2. The molecular formula is C26H20FN3O2. The standard InChI is InChI=1S/C26H20FN3O2/c1-4-18-8-5-16(14-28-18)21-10-6-15(13-29-21)20-12-23(32-26(20,2)3)24-19-9-7-17(27)11-22(19)30-25(24)31/h4-14H,1H2,2-3H3,(H,30,31). The summed E-state index contributed by atoms with van der Waals surface area (Å²) in [4.78, 5) is 21.5. The number of ether oxygens (including phenoxy) is 1. The summed E-state index contributed by atoms with van der Waals surface area (Å²) in [6, 6.07) is 12.0. The number of carbonyl (C=O) groups is 1. The van der Waals surface area contributed by atoms with Crippen molar-refractivity contribution in [2.75, 3.05) is 5.32 Å². The SMILES string of the molecule is C=Cc1ccc(-c2ccc(C3=CC(=C4C(=O)Nc5cc(F)ccc54)OC3(C)C)cn2)cn1. The molecule has 1 aromatic carbocycles. The normalized spacial score (nSPS) is 18.6. The van der Waals surface area contributed by atoms with E-state index in [1.807, 2.05) is 44.2 Å². The lowest BCUT2D eigenvalue weighted by Crippen LogP contribution is -2.21. The molecule has 0 radical (unpaired) electrons. The van der Waals surface area contributed by atoms with Gasteiger partial charge in [0.05, 0.1) is 22.6 Å². The number of hydrogen-bond donors (Lipinski definition) is 1. The minimum absolute atomic E-state index is 0.308. The van der Waals surface area contributed by atoms with Crippen molar-refractivity contribution in [1.29, 1.82) is 0 Å². The molecule has 5 rings (SSSR count). The second-order valence-corrected chi connectivity index (χ2v) is 8.16. The Bertz CT molecular complexity index is 1320. The molecule has 0 unspecified atom stereocenters. The summed E-state index contributed by atoms with van der Waals surface area (Å²) in [7, 11) is 0. The lowest BCUT2D eigenvalue weighted by atomic mass is 9.93. The number of carbonyl (C=O) groups excluding carboxylic acids is 1. The first-order valence-corrected chi connectivity index (χ1v) is 10.2. The molecule has 0 saturated carbocycles. The molecule has 32 heavy (non-hydrogen) atoms. The van der Waals surface area contributed by atoms with E-state index >= 15 is 0 Å². The van der Waals surface area contributed by atoms with E-state index in [0.29, 0.717) is 22.6 Å². The highest BCUT2D eigenvalue weighted by Crippen LogP contribution is 2.44. The van der Waals surface area contributed by atoms with E-state index in [9.17, 15) is 9.18 Å². The number of allylic oxidation sites excluding steroid dienone is 1. The summed E-state index contributed by atoms with van der Waals surface area (Å²) in [6.07, 6.45) is 7.12. The van der Waals surface area contributed by atoms with Gasteiger partial charge in [0.15, 0.2) is 0 Å². The number of halogens is 1. The Kier molecular flexibility index (Phi) is 4.51. The Labute approximate surface area is 185 Å². The second-order valence-electron chi connectivity index (χ2n) is 8.16. The lowest BCUT2D eigenvalue weighted by Gasteiger charge is -2.23. The van der Waals surface area contributed by atoms with Crippen LogP contribution in [-0.2, 0) is 9.53 Å². The number of hydrogen-bond acceptors (Lipinski definition) is 4. The molecule has 2 aliphatic heterocycles. The third kappa shape index (κ3) is 3.30. The van der Waals surface area contributed by atoms with E-state index in [1.165, 1.54) is 12.1 Å². The number of nitrogens with zero attached hydrogens (tertiary/aromatic N) is 2. The topological polar surface area (TPSA) is 64.1 Å². The highest BCUT2D eigenvalue weighted by molar-refractivity contribution is 6.32. The van der Waals surface area contributed by atoms with Crippen LogP contribution in [0.2, 0.25) is 0 Å². The first-order chi connectivity index (χ1) is 15.4. The number of benzene rings is 1. The van der Waals surface area contributed by atoms with Crippen LogP contribution in [0.25, 0.3) is 28.5 Å². The highest BCUT2D eigenvalue weighted by Gasteiger charge is 2.38. The van der Waals surface area contributed by atoms with Crippen LogP contribution in [-0.4, -0.2) is 21.5 Å². The Hall–Kier alpha value is -4.06. The van der Waals surface area contributed by atoms with Gasteiger partial charge in [0.1, 0.15) is 17.2 Å². The van der Waals surface area contributed by atoms with Crippen LogP contribution in [0.3, 0.4) is 0 Å². The quantitative estimate of drug-likeness (QED) is 0.565. The molecule has 0 aliphatic carbocycles. The van der Waals surface area contributed by atoms with E-state index in [4.69, 9.17) is 4.74 Å². The van der Waals surface area contributed by atoms with E-state index in [2.05, 4.69) is 21.9 Å². The molecule has 5 nitrogen and oxygen atoms in total. The summed E-state index contributed by atoms with van der Waals surface area (Å²) in [5, 5.41) is 2.71. The first kappa shape index (κ1) is 19.9. The van der Waals surface area contributed by atoms with Crippen molar-refractivity contribution < 1.29 is 13.9 Å². The van der Waals surface area contributed by atoms with E-state index in [-0.39, 0.29) is 5.91 Å². The van der Waals surface area contributed by atoms with Gasteiger partial charge in [-0.2, -0.15) is 0 Å². The Balaban J connectivity index is 1.52. The van der Waals surface area contributed by atoms with Crippen molar-refractivity contribution in [2.24, 2.45) is 0 Å². The number of amides is 1. The fraction of sp³-hybridized carbons (Fsp3) is 0.115. The molecule has 2 aromatic heterocycles. The molecule has 3 aromatic rings. The molecule has 1 amide bonds. The van der Waals surface area contributed by atoms with Crippen LogP contribution in [0.1, 0.15) is 30.7 Å². The maximum atomic E-state index is 13.6. The van der Waals surface area contributed by atoms with Crippen LogP contribution in [0.5, 0.6) is 0 Å². The van der Waals surface area contributed by atoms with E-state index in [0.717, 1.165) is 28.1 Å². The summed E-state index contributed by atoms with van der Waals surface area (Å²) >= 11 is 0. The van der Waals surface area contributed by atoms with Crippen molar-refractivity contribution in [2.45, 2.75) is 19.4 Å². The molecule has 0 bridgehead atoms. The molecule has 0 spiro atoms. The summed E-state index contributed by atoms with van der Waals surface area (Å²) < 4.78 is 19.8. The zero-order chi connectivity index (χ0) is 22.5. The smallest absolute Gasteiger partial charge is 0.260 e. The number of pyridine rings is 2. The Morgan fingerprint density at radius 3 is 2.53 bits per heavy atom. The van der Waals surface area contributed by atoms with Crippen molar-refractivity contribution in [3.05, 3.63) is 95.9 Å². The summed E-state index contributed by atoms with van der Waals surface area (Å²) in [6.45, 7) is 7.60. The monoisotopic (exact) mass is 425 g/mol. The van der Waals surface area contributed by atoms with Crippen LogP contribution in [0.15, 0.2) is 73.3 Å². The average Bonchev–Trinajstić information content (AvgIpc) is 3.28. The third-order valence-electron chi connectivity index (χ3n) is 5.63. The second kappa shape index (κ2) is 7.27. The van der Waals surface area contributed by atoms with Crippen LogP contribution in [0.4, 0.5) is 10.1 Å². The van der Waals surface area contributed by atoms with Crippen molar-refractivity contribution >= 4 is 28.8 Å². The van der Waals surface area contributed by atoms with Gasteiger partial charge in [-0.1, -0.05) is 12.6 Å². The minimum Gasteiger partial charge on any atom is -0.482 e. The van der Waals surface area contributed by atoms with Crippen molar-refractivity contribution in [1.82, 2.24) is 9.97 Å². The van der Waals surface area contributed by atoms with Gasteiger partial charge in [0, 0.05) is 34.7 Å². The van der Waals surface area contributed by atoms with Crippen LogP contribution in [0, 0.1) is 5.82 Å².